The SMILES string of the molecule is CCNCc1ccccc1NC(=O)CSc1cccc(C(F)(F)F)c1.Cl. The lowest BCUT2D eigenvalue weighted by atomic mass is 10.1. The molecule has 0 aliphatic carbocycles. The van der Waals surface area contributed by atoms with Crippen LogP contribution in [0.3, 0.4) is 0 Å². The van der Waals surface area contributed by atoms with E-state index in [0.29, 0.717) is 17.1 Å². The minimum absolute atomic E-state index is 0. The Labute approximate surface area is 161 Å². The normalized spacial score (nSPS) is 10.9. The van der Waals surface area contributed by atoms with Gasteiger partial charge in [-0.05, 0) is 36.4 Å². The smallest absolute Gasteiger partial charge is 0.325 e. The number of benzene rings is 2. The van der Waals surface area contributed by atoms with E-state index >= 15 is 0 Å². The van der Waals surface area contributed by atoms with Crippen molar-refractivity contribution in [1.82, 2.24) is 5.32 Å². The minimum atomic E-state index is -4.38. The van der Waals surface area contributed by atoms with E-state index in [1.807, 2.05) is 25.1 Å². The van der Waals surface area contributed by atoms with Gasteiger partial charge in [0.05, 0.1) is 11.3 Å². The van der Waals surface area contributed by atoms with Gasteiger partial charge >= 0.3 is 6.18 Å². The molecule has 0 saturated carbocycles. The van der Waals surface area contributed by atoms with Gasteiger partial charge in [0.15, 0.2) is 0 Å². The molecular formula is C18H20ClF3N2OS. The second kappa shape index (κ2) is 10.4. The molecule has 26 heavy (non-hydrogen) atoms. The number of alkyl halides is 3. The lowest BCUT2D eigenvalue weighted by Crippen LogP contribution is -2.18. The van der Waals surface area contributed by atoms with Crippen LogP contribution in [0.15, 0.2) is 53.4 Å². The first kappa shape index (κ1) is 22.3. The van der Waals surface area contributed by atoms with Gasteiger partial charge in [-0.1, -0.05) is 31.2 Å². The molecule has 0 aliphatic rings. The van der Waals surface area contributed by atoms with E-state index in [-0.39, 0.29) is 24.1 Å². The highest BCUT2D eigenvalue weighted by Crippen LogP contribution is 2.31. The van der Waals surface area contributed by atoms with E-state index in [1.54, 1.807) is 12.1 Å². The van der Waals surface area contributed by atoms with Gasteiger partial charge in [0, 0.05) is 17.1 Å². The molecule has 8 heteroatoms. The van der Waals surface area contributed by atoms with Gasteiger partial charge in [-0.15, -0.1) is 24.2 Å². The summed E-state index contributed by atoms with van der Waals surface area (Å²) in [5.74, 6) is -0.219. The predicted molar refractivity (Wildman–Crippen MR) is 102 cm³/mol. The van der Waals surface area contributed by atoms with Gasteiger partial charge < -0.3 is 10.6 Å². The van der Waals surface area contributed by atoms with Crippen LogP contribution < -0.4 is 10.6 Å². The number of hydrogen-bond donors (Lipinski definition) is 2. The van der Waals surface area contributed by atoms with Crippen molar-refractivity contribution in [2.75, 3.05) is 17.6 Å². The highest BCUT2D eigenvalue weighted by atomic mass is 35.5. The average Bonchev–Trinajstić information content (AvgIpc) is 2.59. The molecular weight excluding hydrogens is 385 g/mol. The first-order chi connectivity index (χ1) is 11.9. The Bertz CT molecular complexity index is 726. The largest absolute Gasteiger partial charge is 0.416 e. The third-order valence-electron chi connectivity index (χ3n) is 3.39. The maximum atomic E-state index is 12.7. The van der Waals surface area contributed by atoms with Crippen molar-refractivity contribution in [3.05, 3.63) is 59.7 Å². The summed E-state index contributed by atoms with van der Waals surface area (Å²) in [6.45, 7) is 3.44. The Morgan fingerprint density at radius 1 is 1.12 bits per heavy atom. The maximum absolute atomic E-state index is 12.7. The number of halogens is 4. The van der Waals surface area contributed by atoms with E-state index < -0.39 is 11.7 Å². The topological polar surface area (TPSA) is 41.1 Å². The third-order valence-corrected chi connectivity index (χ3v) is 4.38. The van der Waals surface area contributed by atoms with Crippen LogP contribution in [0.25, 0.3) is 0 Å². The van der Waals surface area contributed by atoms with Crippen LogP contribution in [-0.4, -0.2) is 18.2 Å². The Kier molecular flexibility index (Phi) is 8.98. The number of rotatable bonds is 7. The second-order valence-corrected chi connectivity index (χ2v) is 6.35. The molecule has 0 saturated heterocycles. The first-order valence-electron chi connectivity index (χ1n) is 7.78. The summed E-state index contributed by atoms with van der Waals surface area (Å²) in [7, 11) is 0. The lowest BCUT2D eigenvalue weighted by molar-refractivity contribution is -0.137. The molecule has 2 aromatic rings. The summed E-state index contributed by atoms with van der Waals surface area (Å²) >= 11 is 1.07. The number of carbonyl (C=O) groups is 1. The number of anilines is 1. The summed E-state index contributed by atoms with van der Waals surface area (Å²) in [6, 6.07) is 12.4. The van der Waals surface area contributed by atoms with E-state index in [9.17, 15) is 18.0 Å². The number of nitrogens with one attached hydrogen (secondary N) is 2. The highest BCUT2D eigenvalue weighted by molar-refractivity contribution is 8.00. The van der Waals surface area contributed by atoms with Crippen molar-refractivity contribution < 1.29 is 18.0 Å². The van der Waals surface area contributed by atoms with Crippen molar-refractivity contribution in [3.63, 3.8) is 0 Å². The molecule has 142 valence electrons. The van der Waals surface area contributed by atoms with E-state index in [4.69, 9.17) is 0 Å². The summed E-state index contributed by atoms with van der Waals surface area (Å²) in [6.07, 6.45) is -4.38. The molecule has 3 nitrogen and oxygen atoms in total. The highest BCUT2D eigenvalue weighted by Gasteiger charge is 2.30. The van der Waals surface area contributed by atoms with Crippen LogP contribution in [0.5, 0.6) is 0 Å². The van der Waals surface area contributed by atoms with Gasteiger partial charge in [-0.3, -0.25) is 4.79 Å². The number of hydrogen-bond acceptors (Lipinski definition) is 3. The van der Waals surface area contributed by atoms with Crippen molar-refractivity contribution in [2.45, 2.75) is 24.5 Å². The van der Waals surface area contributed by atoms with Crippen LogP contribution >= 0.6 is 24.2 Å². The first-order valence-corrected chi connectivity index (χ1v) is 8.77. The lowest BCUT2D eigenvalue weighted by Gasteiger charge is -2.12. The maximum Gasteiger partial charge on any atom is 0.416 e. The van der Waals surface area contributed by atoms with Crippen LogP contribution in [-0.2, 0) is 17.5 Å². The van der Waals surface area contributed by atoms with Crippen molar-refractivity contribution in [1.29, 1.82) is 0 Å². The van der Waals surface area contributed by atoms with Gasteiger partial charge in [0.25, 0.3) is 0 Å². The molecule has 0 aliphatic heterocycles. The fourth-order valence-corrected chi connectivity index (χ4v) is 2.91. The summed E-state index contributed by atoms with van der Waals surface area (Å²) in [5.41, 5.74) is 0.953. The van der Waals surface area contributed by atoms with Crippen molar-refractivity contribution in [3.8, 4) is 0 Å². The molecule has 2 aromatic carbocycles. The fourth-order valence-electron chi connectivity index (χ4n) is 2.15. The molecule has 2 N–H and O–H groups in total. The van der Waals surface area contributed by atoms with Crippen LogP contribution in [0.1, 0.15) is 18.1 Å². The Hall–Kier alpha value is -1.70. The van der Waals surface area contributed by atoms with Crippen molar-refractivity contribution >= 4 is 35.8 Å². The number of amides is 1. The molecule has 2 rings (SSSR count). The van der Waals surface area contributed by atoms with Crippen molar-refractivity contribution in [2.24, 2.45) is 0 Å². The van der Waals surface area contributed by atoms with Crippen LogP contribution in [0.4, 0.5) is 18.9 Å². The van der Waals surface area contributed by atoms with Gasteiger partial charge in [0.2, 0.25) is 5.91 Å². The Morgan fingerprint density at radius 3 is 2.54 bits per heavy atom. The Morgan fingerprint density at radius 2 is 1.85 bits per heavy atom. The standard InChI is InChI=1S/C18H19F3N2OS.ClH/c1-2-22-11-13-6-3-4-9-16(13)23-17(24)12-25-15-8-5-7-14(10-15)18(19,20)21;/h3-10,22H,2,11-12H2,1H3,(H,23,24);1H. The zero-order chi connectivity index (χ0) is 18.3. The molecule has 0 atom stereocenters. The number of thioether (sulfide) groups is 1. The molecule has 0 spiro atoms. The monoisotopic (exact) mass is 404 g/mol. The van der Waals surface area contributed by atoms with Gasteiger partial charge in [-0.2, -0.15) is 13.2 Å². The summed E-state index contributed by atoms with van der Waals surface area (Å²) in [4.78, 5) is 12.5. The molecule has 0 aromatic heterocycles. The average molecular weight is 405 g/mol. The van der Waals surface area contributed by atoms with Gasteiger partial charge in [0.1, 0.15) is 0 Å². The second-order valence-electron chi connectivity index (χ2n) is 5.30. The van der Waals surface area contributed by atoms with E-state index in [1.165, 1.54) is 6.07 Å². The molecule has 0 unspecified atom stereocenters. The summed E-state index contributed by atoms with van der Waals surface area (Å²) < 4.78 is 38.1. The zero-order valence-electron chi connectivity index (χ0n) is 14.1. The zero-order valence-corrected chi connectivity index (χ0v) is 15.7. The van der Waals surface area contributed by atoms with Gasteiger partial charge in [-0.25, -0.2) is 0 Å². The molecule has 0 fully saturated rings. The Balaban J connectivity index is 0.00000338. The van der Waals surface area contributed by atoms with Crippen LogP contribution in [0, 0.1) is 0 Å². The van der Waals surface area contributed by atoms with E-state index in [0.717, 1.165) is 36.0 Å². The number of carbonyl (C=O) groups excluding carboxylic acids is 1. The fraction of sp³-hybridized carbons (Fsp3) is 0.278. The molecule has 0 heterocycles. The minimum Gasteiger partial charge on any atom is -0.325 e. The van der Waals surface area contributed by atoms with E-state index in [2.05, 4.69) is 10.6 Å². The quantitative estimate of drug-likeness (QED) is 0.640. The van der Waals surface area contributed by atoms with Crippen LogP contribution in [0.2, 0.25) is 0 Å². The number of para-hydroxylation sites is 1. The predicted octanol–water partition coefficient (Wildman–Crippen LogP) is 4.97. The third kappa shape index (κ3) is 6.90. The summed E-state index contributed by atoms with van der Waals surface area (Å²) in [5, 5.41) is 6.01. The molecule has 1 amide bonds. The molecule has 0 radical (unpaired) electrons. The molecule has 0 bridgehead atoms.